The number of hydrogen-bond donors (Lipinski definition) is 7. The van der Waals surface area contributed by atoms with E-state index >= 15 is 0 Å². The number of aromatic amines is 2. The quantitative estimate of drug-likeness (QED) is 0.0696. The van der Waals surface area contributed by atoms with Crippen molar-refractivity contribution in [1.82, 2.24) is 20.2 Å². The Balaban J connectivity index is 0.000000198. The summed E-state index contributed by atoms with van der Waals surface area (Å²) in [6, 6.07) is 22.6. The molecule has 1 saturated heterocycles. The van der Waals surface area contributed by atoms with E-state index < -0.39 is 17.7 Å². The first-order valence-electron chi connectivity index (χ1n) is 19.2. The van der Waals surface area contributed by atoms with Crippen LogP contribution in [0.2, 0.25) is 5.02 Å². The van der Waals surface area contributed by atoms with E-state index in [1.54, 1.807) is 48.2 Å². The highest BCUT2D eigenvalue weighted by atomic mass is 35.5. The zero-order chi connectivity index (χ0) is 41.8. The number of hydrogen-bond acceptors (Lipinski definition) is 10. The van der Waals surface area contributed by atoms with Crippen LogP contribution in [0.4, 0.5) is 11.4 Å². The molecule has 2 aromatic heterocycles. The number of amides is 3. The number of phenolic OH excluding ortho intramolecular Hbond substituents is 2. The molecule has 7 N–H and O–H groups in total. The second-order valence-corrected chi connectivity index (χ2v) is 15.2. The van der Waals surface area contributed by atoms with Gasteiger partial charge in [-0.1, -0.05) is 47.5 Å². The SMILES string of the molecule is CC(C(=O)N=Nc1c(O)[nH]c2ccc(C(=O)N3CCC(NC4CC4)CC3)c(Cl)c12)c1ccc(O)cc1.Cc1ccc2[nH]c(O)c(N=NC(=O)Cc3ccc(O)cc3)c2c1. The van der Waals surface area contributed by atoms with Gasteiger partial charge in [0.25, 0.3) is 17.7 Å². The van der Waals surface area contributed by atoms with Crippen LogP contribution < -0.4 is 5.32 Å². The van der Waals surface area contributed by atoms with Crippen LogP contribution in [0.15, 0.2) is 99.3 Å². The van der Waals surface area contributed by atoms with Gasteiger partial charge in [-0.2, -0.15) is 0 Å². The molecule has 1 aliphatic carbocycles. The minimum absolute atomic E-state index is 0.00301. The largest absolute Gasteiger partial charge is 0.508 e. The third-order valence-electron chi connectivity index (χ3n) is 10.4. The number of phenols is 2. The van der Waals surface area contributed by atoms with E-state index in [-0.39, 0.29) is 52.0 Å². The van der Waals surface area contributed by atoms with Crippen molar-refractivity contribution in [2.45, 2.75) is 64.0 Å². The van der Waals surface area contributed by atoms with Gasteiger partial charge in [-0.15, -0.1) is 20.5 Å². The minimum atomic E-state index is -0.605. The summed E-state index contributed by atoms with van der Waals surface area (Å²) >= 11 is 6.67. The number of carbonyl (C=O) groups is 3. The number of piperidine rings is 1. The number of halogens is 1. The molecule has 0 radical (unpaired) electrons. The molecule has 59 heavy (non-hydrogen) atoms. The second kappa shape index (κ2) is 17.5. The number of azo groups is 2. The number of H-pyrrole nitrogens is 2. The lowest BCUT2D eigenvalue weighted by molar-refractivity contribution is -0.119. The summed E-state index contributed by atoms with van der Waals surface area (Å²) in [5.74, 6) is -1.91. The highest BCUT2D eigenvalue weighted by Crippen LogP contribution is 2.42. The number of likely N-dealkylation sites (tertiary alicyclic amines) is 1. The normalized spacial score (nSPS) is 15.2. The molecule has 0 spiro atoms. The van der Waals surface area contributed by atoms with Gasteiger partial charge in [0.15, 0.2) is 11.4 Å². The monoisotopic (exact) mass is 818 g/mol. The predicted octanol–water partition coefficient (Wildman–Crippen LogP) is 8.74. The molecule has 1 unspecified atom stereocenters. The van der Waals surface area contributed by atoms with Crippen LogP contribution in [0.3, 0.4) is 0 Å². The number of aromatic nitrogens is 2. The van der Waals surface area contributed by atoms with E-state index in [0.29, 0.717) is 52.6 Å². The Morgan fingerprint density at radius 3 is 2.05 bits per heavy atom. The Bertz CT molecular complexity index is 2570. The van der Waals surface area contributed by atoms with Crippen LogP contribution in [-0.2, 0) is 16.0 Å². The maximum absolute atomic E-state index is 13.3. The van der Waals surface area contributed by atoms with E-state index in [2.05, 4.69) is 35.7 Å². The molecule has 6 aromatic rings. The molecular formula is C43H43ClN8O7. The number of aryl methyl sites for hydroxylation is 1. The van der Waals surface area contributed by atoms with Crippen LogP contribution in [0.5, 0.6) is 23.3 Å². The second-order valence-electron chi connectivity index (χ2n) is 14.8. The molecular weight excluding hydrogens is 776 g/mol. The van der Waals surface area contributed by atoms with E-state index in [9.17, 15) is 34.8 Å². The summed E-state index contributed by atoms with van der Waals surface area (Å²) in [5.41, 5.74) is 4.20. The van der Waals surface area contributed by atoms with Crippen molar-refractivity contribution in [2.75, 3.05) is 13.1 Å². The number of rotatable bonds is 9. The number of benzene rings is 4. The lowest BCUT2D eigenvalue weighted by atomic mass is 10.0. The van der Waals surface area contributed by atoms with Crippen LogP contribution in [0, 0.1) is 6.92 Å². The number of nitrogens with one attached hydrogen (secondary N) is 3. The molecule has 4 aromatic carbocycles. The number of carbonyl (C=O) groups excluding carboxylic acids is 3. The van der Waals surface area contributed by atoms with Gasteiger partial charge in [0.2, 0.25) is 11.8 Å². The van der Waals surface area contributed by atoms with Gasteiger partial charge in [-0.3, -0.25) is 14.4 Å². The van der Waals surface area contributed by atoms with E-state index in [4.69, 9.17) is 11.6 Å². The first kappa shape index (κ1) is 40.6. The van der Waals surface area contributed by atoms with Crippen LogP contribution >= 0.6 is 11.6 Å². The van der Waals surface area contributed by atoms with E-state index in [1.165, 1.54) is 37.1 Å². The number of aromatic hydroxyl groups is 4. The molecule has 8 rings (SSSR count). The first-order valence-corrected chi connectivity index (χ1v) is 19.6. The molecule has 0 bridgehead atoms. The van der Waals surface area contributed by atoms with Crippen LogP contribution in [0.1, 0.15) is 65.6 Å². The summed E-state index contributed by atoms with van der Waals surface area (Å²) in [6.07, 6.45) is 4.34. The summed E-state index contributed by atoms with van der Waals surface area (Å²) in [7, 11) is 0. The number of nitrogens with zero attached hydrogens (tertiary/aromatic N) is 5. The standard InChI is InChI=1S/C26H28ClN5O4.C17H15N3O3/c1-14(15-2-6-18(33)7-3-15)24(34)31-30-23-21-20(29-25(23)35)9-8-19(22(21)27)26(36)32-12-10-17(11-13-32)28-16-4-5-16;1-10-2-7-14-13(8-10)16(17(23)18-14)20-19-15(22)9-11-3-5-12(21)6-4-11/h2-3,6-9,14,16-17,28-29,33,35H,4-5,10-13H2,1H3;2-8,18,21,23H,9H2,1H3. The average Bonchev–Trinajstić information content (AvgIpc) is 3.90. The van der Waals surface area contributed by atoms with Crippen molar-refractivity contribution in [3.05, 3.63) is 106 Å². The lowest BCUT2D eigenvalue weighted by Crippen LogP contribution is -2.45. The Labute approximate surface area is 343 Å². The Hall–Kier alpha value is -6.58. The Morgan fingerprint density at radius 1 is 0.780 bits per heavy atom. The molecule has 1 atom stereocenters. The molecule has 1 aliphatic heterocycles. The molecule has 1 saturated carbocycles. The Kier molecular flexibility index (Phi) is 12.0. The molecule has 3 heterocycles. The fourth-order valence-electron chi connectivity index (χ4n) is 6.88. The molecule has 16 heteroatoms. The molecule has 3 amide bonds. The highest BCUT2D eigenvalue weighted by molar-refractivity contribution is 6.39. The maximum Gasteiger partial charge on any atom is 0.271 e. The number of fused-ring (bicyclic) bond motifs is 2. The minimum Gasteiger partial charge on any atom is -0.508 e. The van der Waals surface area contributed by atoms with Gasteiger partial charge in [0.05, 0.1) is 39.3 Å². The topological polar surface area (TPSA) is 228 Å². The predicted molar refractivity (Wildman–Crippen MR) is 222 cm³/mol. The van der Waals surface area contributed by atoms with Gasteiger partial charge < -0.3 is 40.6 Å². The van der Waals surface area contributed by atoms with Crippen molar-refractivity contribution in [3.8, 4) is 23.3 Å². The van der Waals surface area contributed by atoms with Crippen molar-refractivity contribution in [3.63, 3.8) is 0 Å². The Morgan fingerprint density at radius 2 is 1.37 bits per heavy atom. The maximum atomic E-state index is 13.3. The first-order chi connectivity index (χ1) is 28.3. The van der Waals surface area contributed by atoms with Gasteiger partial charge in [-0.05, 0) is 99.2 Å². The van der Waals surface area contributed by atoms with Gasteiger partial charge in [0.1, 0.15) is 11.5 Å². The van der Waals surface area contributed by atoms with E-state index in [0.717, 1.165) is 29.5 Å². The summed E-state index contributed by atoms with van der Waals surface area (Å²) in [5, 5.41) is 59.2. The van der Waals surface area contributed by atoms with Gasteiger partial charge >= 0.3 is 0 Å². The lowest BCUT2D eigenvalue weighted by Gasteiger charge is -2.32. The van der Waals surface area contributed by atoms with Crippen LogP contribution in [-0.4, -0.2) is 78.2 Å². The zero-order valence-electron chi connectivity index (χ0n) is 32.3. The fourth-order valence-corrected chi connectivity index (χ4v) is 7.22. The van der Waals surface area contributed by atoms with Crippen LogP contribution in [0.25, 0.3) is 21.8 Å². The molecule has 2 fully saturated rings. The average molecular weight is 819 g/mol. The smallest absolute Gasteiger partial charge is 0.271 e. The summed E-state index contributed by atoms with van der Waals surface area (Å²) < 4.78 is 0. The third kappa shape index (κ3) is 9.59. The fraction of sp³-hybridized carbons (Fsp3) is 0.279. The summed E-state index contributed by atoms with van der Waals surface area (Å²) in [4.78, 5) is 45.2. The van der Waals surface area contributed by atoms with Crippen molar-refractivity contribution in [2.24, 2.45) is 20.5 Å². The van der Waals surface area contributed by atoms with Crippen molar-refractivity contribution < 1.29 is 34.8 Å². The van der Waals surface area contributed by atoms with Crippen molar-refractivity contribution >= 4 is 62.5 Å². The van der Waals surface area contributed by atoms with E-state index in [1.807, 2.05) is 25.1 Å². The highest BCUT2D eigenvalue weighted by Gasteiger charge is 2.30. The molecule has 2 aliphatic rings. The summed E-state index contributed by atoms with van der Waals surface area (Å²) in [6.45, 7) is 4.90. The van der Waals surface area contributed by atoms with Gasteiger partial charge in [0, 0.05) is 30.6 Å². The third-order valence-corrected chi connectivity index (χ3v) is 10.8. The molecule has 304 valence electrons. The van der Waals surface area contributed by atoms with Gasteiger partial charge in [-0.25, -0.2) is 0 Å². The molecule has 15 nitrogen and oxygen atoms in total. The zero-order valence-corrected chi connectivity index (χ0v) is 33.1. The van der Waals surface area contributed by atoms with Crippen molar-refractivity contribution in [1.29, 1.82) is 0 Å².